The Kier molecular flexibility index (Phi) is 4.61. The molecule has 0 aromatic heterocycles. The maximum absolute atomic E-state index is 5.59. The molecule has 2 rings (SSSR count). The molecule has 1 heterocycles. The van der Waals surface area contributed by atoms with E-state index in [0.717, 1.165) is 44.8 Å². The SMILES string of the molecule is CC(CCN)CN(C)Cc1ccc2c(c1)CCO2. The van der Waals surface area contributed by atoms with Gasteiger partial charge in [-0.05, 0) is 43.1 Å². The van der Waals surface area contributed by atoms with Crippen molar-refractivity contribution in [1.29, 1.82) is 0 Å². The number of nitrogens with zero attached hydrogens (tertiary/aromatic N) is 1. The maximum Gasteiger partial charge on any atom is 0.122 e. The number of hydrogen-bond donors (Lipinski definition) is 1. The van der Waals surface area contributed by atoms with Gasteiger partial charge in [-0.15, -0.1) is 0 Å². The highest BCUT2D eigenvalue weighted by molar-refractivity contribution is 5.39. The quantitative estimate of drug-likeness (QED) is 0.837. The molecule has 1 atom stereocenters. The fourth-order valence-electron chi connectivity index (χ4n) is 2.62. The molecule has 3 nitrogen and oxygen atoms in total. The average Bonchev–Trinajstić information content (AvgIpc) is 2.76. The third-order valence-electron chi connectivity index (χ3n) is 3.49. The Bertz CT molecular complexity index is 392. The highest BCUT2D eigenvalue weighted by Crippen LogP contribution is 2.26. The van der Waals surface area contributed by atoms with Crippen molar-refractivity contribution in [2.24, 2.45) is 11.7 Å². The Morgan fingerprint density at radius 3 is 3.06 bits per heavy atom. The van der Waals surface area contributed by atoms with Gasteiger partial charge >= 0.3 is 0 Å². The zero-order valence-corrected chi connectivity index (χ0v) is 11.5. The van der Waals surface area contributed by atoms with Gasteiger partial charge in [0.25, 0.3) is 0 Å². The normalized spacial score (nSPS) is 15.6. The van der Waals surface area contributed by atoms with Crippen molar-refractivity contribution in [3.63, 3.8) is 0 Å². The fraction of sp³-hybridized carbons (Fsp3) is 0.600. The second kappa shape index (κ2) is 6.21. The molecule has 0 fully saturated rings. The second-order valence-corrected chi connectivity index (χ2v) is 5.42. The lowest BCUT2D eigenvalue weighted by Crippen LogP contribution is -2.25. The molecule has 0 amide bonds. The zero-order valence-electron chi connectivity index (χ0n) is 11.5. The van der Waals surface area contributed by atoms with Gasteiger partial charge < -0.3 is 15.4 Å². The lowest BCUT2D eigenvalue weighted by molar-refractivity contribution is 0.273. The summed E-state index contributed by atoms with van der Waals surface area (Å²) in [6.07, 6.45) is 2.15. The van der Waals surface area contributed by atoms with Crippen molar-refractivity contribution in [2.45, 2.75) is 26.3 Å². The minimum atomic E-state index is 0.665. The van der Waals surface area contributed by atoms with E-state index in [4.69, 9.17) is 10.5 Å². The molecular formula is C15H24N2O. The molecule has 2 N–H and O–H groups in total. The van der Waals surface area contributed by atoms with E-state index < -0.39 is 0 Å². The van der Waals surface area contributed by atoms with E-state index in [-0.39, 0.29) is 0 Å². The summed E-state index contributed by atoms with van der Waals surface area (Å²) in [5, 5.41) is 0. The smallest absolute Gasteiger partial charge is 0.122 e. The molecule has 1 aromatic rings. The molecule has 3 heteroatoms. The Morgan fingerprint density at radius 2 is 2.28 bits per heavy atom. The zero-order chi connectivity index (χ0) is 13.0. The predicted molar refractivity (Wildman–Crippen MR) is 74.8 cm³/mol. The lowest BCUT2D eigenvalue weighted by Gasteiger charge is -2.21. The van der Waals surface area contributed by atoms with Gasteiger partial charge in [0.2, 0.25) is 0 Å². The van der Waals surface area contributed by atoms with Crippen LogP contribution in [0, 0.1) is 5.92 Å². The van der Waals surface area contributed by atoms with Crippen LogP contribution in [0.3, 0.4) is 0 Å². The standard InChI is InChI=1S/C15H24N2O/c1-12(5-7-16)10-17(2)11-13-3-4-15-14(9-13)6-8-18-15/h3-4,9,12H,5-8,10-11,16H2,1-2H3. The van der Waals surface area contributed by atoms with Gasteiger partial charge in [-0.3, -0.25) is 0 Å². The summed E-state index contributed by atoms with van der Waals surface area (Å²) in [7, 11) is 2.18. The molecule has 0 radical (unpaired) electrons. The van der Waals surface area contributed by atoms with Crippen LogP contribution in [-0.2, 0) is 13.0 Å². The molecule has 1 aliphatic heterocycles. The first-order chi connectivity index (χ1) is 8.69. The van der Waals surface area contributed by atoms with Crippen LogP contribution in [0.5, 0.6) is 5.75 Å². The van der Waals surface area contributed by atoms with E-state index in [0.29, 0.717) is 5.92 Å². The Hall–Kier alpha value is -1.06. The number of rotatable bonds is 6. The fourth-order valence-corrected chi connectivity index (χ4v) is 2.62. The molecule has 0 aliphatic carbocycles. The van der Waals surface area contributed by atoms with Crippen molar-refractivity contribution >= 4 is 0 Å². The van der Waals surface area contributed by atoms with E-state index in [9.17, 15) is 0 Å². The average molecular weight is 248 g/mol. The highest BCUT2D eigenvalue weighted by Gasteiger charge is 2.13. The largest absolute Gasteiger partial charge is 0.493 e. The number of benzene rings is 1. The van der Waals surface area contributed by atoms with E-state index in [2.05, 4.69) is 37.1 Å². The number of hydrogen-bond acceptors (Lipinski definition) is 3. The molecule has 0 saturated heterocycles. The van der Waals surface area contributed by atoms with Gasteiger partial charge in [0.05, 0.1) is 6.61 Å². The van der Waals surface area contributed by atoms with Crippen LogP contribution in [0.2, 0.25) is 0 Å². The number of nitrogens with two attached hydrogens (primary N) is 1. The van der Waals surface area contributed by atoms with Crippen LogP contribution in [0.1, 0.15) is 24.5 Å². The lowest BCUT2D eigenvalue weighted by atomic mass is 10.1. The Morgan fingerprint density at radius 1 is 1.44 bits per heavy atom. The number of fused-ring (bicyclic) bond motifs is 1. The summed E-state index contributed by atoms with van der Waals surface area (Å²) in [5.41, 5.74) is 8.32. The first-order valence-corrected chi connectivity index (χ1v) is 6.82. The minimum Gasteiger partial charge on any atom is -0.493 e. The Labute approximate surface area is 110 Å². The molecule has 100 valence electrons. The van der Waals surface area contributed by atoms with E-state index >= 15 is 0 Å². The van der Waals surface area contributed by atoms with Crippen LogP contribution in [0.25, 0.3) is 0 Å². The van der Waals surface area contributed by atoms with Gasteiger partial charge in [0.1, 0.15) is 5.75 Å². The summed E-state index contributed by atoms with van der Waals surface area (Å²) in [6, 6.07) is 6.56. The molecule has 1 aromatic carbocycles. The summed E-state index contributed by atoms with van der Waals surface area (Å²) in [4.78, 5) is 2.37. The highest BCUT2D eigenvalue weighted by atomic mass is 16.5. The van der Waals surface area contributed by atoms with Gasteiger partial charge in [-0.2, -0.15) is 0 Å². The third-order valence-corrected chi connectivity index (χ3v) is 3.49. The van der Waals surface area contributed by atoms with E-state index in [1.54, 1.807) is 0 Å². The van der Waals surface area contributed by atoms with Crippen molar-refractivity contribution in [1.82, 2.24) is 4.90 Å². The summed E-state index contributed by atoms with van der Waals surface area (Å²) >= 11 is 0. The monoisotopic (exact) mass is 248 g/mol. The van der Waals surface area contributed by atoms with Crippen molar-refractivity contribution in [3.8, 4) is 5.75 Å². The van der Waals surface area contributed by atoms with Crippen LogP contribution in [0.15, 0.2) is 18.2 Å². The molecule has 1 unspecified atom stereocenters. The second-order valence-electron chi connectivity index (χ2n) is 5.42. The summed E-state index contributed by atoms with van der Waals surface area (Å²) < 4.78 is 5.53. The van der Waals surface area contributed by atoms with Crippen molar-refractivity contribution < 1.29 is 4.74 Å². The molecule has 0 bridgehead atoms. The molecule has 0 spiro atoms. The van der Waals surface area contributed by atoms with Gasteiger partial charge in [0.15, 0.2) is 0 Å². The first-order valence-electron chi connectivity index (χ1n) is 6.82. The van der Waals surface area contributed by atoms with E-state index in [1.807, 2.05) is 0 Å². The first kappa shape index (κ1) is 13.4. The molecule has 0 saturated carbocycles. The van der Waals surface area contributed by atoms with Gasteiger partial charge in [-0.25, -0.2) is 0 Å². The van der Waals surface area contributed by atoms with Crippen molar-refractivity contribution in [2.75, 3.05) is 26.7 Å². The topological polar surface area (TPSA) is 38.5 Å². The molecule has 1 aliphatic rings. The van der Waals surface area contributed by atoms with Crippen LogP contribution in [-0.4, -0.2) is 31.6 Å². The van der Waals surface area contributed by atoms with Crippen LogP contribution < -0.4 is 10.5 Å². The number of ether oxygens (including phenoxy) is 1. The predicted octanol–water partition coefficient (Wildman–Crippen LogP) is 2.04. The van der Waals surface area contributed by atoms with Gasteiger partial charge in [0, 0.05) is 19.5 Å². The summed E-state index contributed by atoms with van der Waals surface area (Å²) in [5.74, 6) is 1.73. The molecular weight excluding hydrogens is 224 g/mol. The minimum absolute atomic E-state index is 0.665. The van der Waals surface area contributed by atoms with Crippen LogP contribution in [0.4, 0.5) is 0 Å². The van der Waals surface area contributed by atoms with Crippen LogP contribution >= 0.6 is 0 Å². The van der Waals surface area contributed by atoms with Crippen molar-refractivity contribution in [3.05, 3.63) is 29.3 Å². The maximum atomic E-state index is 5.59. The van der Waals surface area contributed by atoms with Gasteiger partial charge in [-0.1, -0.05) is 19.1 Å². The summed E-state index contributed by atoms with van der Waals surface area (Å²) in [6.45, 7) is 5.99. The van der Waals surface area contributed by atoms with E-state index in [1.165, 1.54) is 11.1 Å². The third kappa shape index (κ3) is 3.47. The Balaban J connectivity index is 1.89. The molecule has 18 heavy (non-hydrogen) atoms.